The minimum Gasteiger partial charge on any atom is -0.481 e. The summed E-state index contributed by atoms with van der Waals surface area (Å²) < 4.78 is 0. The average Bonchev–Trinajstić information content (AvgIpc) is 2.88. The molecular weight excluding hydrogens is 248 g/mol. The first-order chi connectivity index (χ1) is 9.13. The van der Waals surface area contributed by atoms with E-state index < -0.39 is 11.9 Å². The molecular formula is C13H22N2O4. The van der Waals surface area contributed by atoms with Crippen LogP contribution in [0.15, 0.2) is 0 Å². The highest BCUT2D eigenvalue weighted by atomic mass is 16.4. The largest absolute Gasteiger partial charge is 0.481 e. The topological polar surface area (TPSA) is 81.1 Å². The molecule has 0 spiro atoms. The molecule has 2 rings (SSSR count). The van der Waals surface area contributed by atoms with Gasteiger partial charge in [0.15, 0.2) is 0 Å². The van der Waals surface area contributed by atoms with Gasteiger partial charge in [0, 0.05) is 32.7 Å². The van der Waals surface area contributed by atoms with Crippen LogP contribution in [0.4, 0.5) is 0 Å². The van der Waals surface area contributed by atoms with Crippen LogP contribution in [0.5, 0.6) is 0 Å². The van der Waals surface area contributed by atoms with Crippen molar-refractivity contribution < 1.29 is 19.8 Å². The summed E-state index contributed by atoms with van der Waals surface area (Å²) in [5, 5.41) is 18.0. The second kappa shape index (κ2) is 6.34. The van der Waals surface area contributed by atoms with Gasteiger partial charge in [-0.05, 0) is 12.8 Å². The van der Waals surface area contributed by atoms with E-state index in [0.29, 0.717) is 32.5 Å². The maximum atomic E-state index is 12.4. The number of carbonyl (C=O) groups is 2. The van der Waals surface area contributed by atoms with Crippen LogP contribution in [-0.2, 0) is 9.59 Å². The molecule has 0 aromatic heterocycles. The zero-order valence-corrected chi connectivity index (χ0v) is 11.1. The van der Waals surface area contributed by atoms with E-state index in [1.165, 1.54) is 0 Å². The highest BCUT2D eigenvalue weighted by Crippen LogP contribution is 2.33. The summed E-state index contributed by atoms with van der Waals surface area (Å²) in [5.41, 5.74) is 0. The Hall–Kier alpha value is -1.14. The summed E-state index contributed by atoms with van der Waals surface area (Å²) >= 11 is 0. The van der Waals surface area contributed by atoms with Crippen LogP contribution in [0.3, 0.4) is 0 Å². The summed E-state index contributed by atoms with van der Waals surface area (Å²) in [5.74, 6) is -1.66. The molecule has 0 aromatic rings. The van der Waals surface area contributed by atoms with Gasteiger partial charge in [-0.25, -0.2) is 0 Å². The number of carboxylic acid groups (broad SMARTS) is 1. The van der Waals surface area contributed by atoms with Gasteiger partial charge in [-0.1, -0.05) is 6.42 Å². The minimum atomic E-state index is -0.838. The lowest BCUT2D eigenvalue weighted by molar-refractivity contribution is -0.149. The van der Waals surface area contributed by atoms with E-state index in [4.69, 9.17) is 10.2 Å². The molecule has 1 saturated carbocycles. The first-order valence-electron chi connectivity index (χ1n) is 6.98. The Morgan fingerprint density at radius 1 is 1.05 bits per heavy atom. The summed E-state index contributed by atoms with van der Waals surface area (Å²) in [6.45, 7) is 3.58. The van der Waals surface area contributed by atoms with Crippen LogP contribution in [-0.4, -0.2) is 71.2 Å². The molecule has 2 aliphatic rings. The number of carbonyl (C=O) groups excluding carboxylic acids is 1. The van der Waals surface area contributed by atoms with Gasteiger partial charge in [0.2, 0.25) is 5.91 Å². The molecule has 108 valence electrons. The summed E-state index contributed by atoms with van der Waals surface area (Å²) in [4.78, 5) is 27.4. The van der Waals surface area contributed by atoms with E-state index in [9.17, 15) is 9.59 Å². The number of β-amino-alcohol motifs (C(OH)–C–C–N with tert-alkyl or cyclic N) is 1. The molecule has 2 fully saturated rings. The molecule has 1 heterocycles. The number of nitrogens with zero attached hydrogens (tertiary/aromatic N) is 2. The molecule has 0 bridgehead atoms. The number of piperazine rings is 1. The Balaban J connectivity index is 1.89. The first kappa shape index (κ1) is 14.3. The maximum absolute atomic E-state index is 12.4. The Morgan fingerprint density at radius 2 is 1.68 bits per heavy atom. The maximum Gasteiger partial charge on any atom is 0.307 e. The SMILES string of the molecule is O=C(O)C1CCCC1C(=O)N1CCN(CCO)CC1. The third kappa shape index (κ3) is 3.25. The highest BCUT2D eigenvalue weighted by molar-refractivity contribution is 5.85. The van der Waals surface area contributed by atoms with Gasteiger partial charge in [-0.2, -0.15) is 0 Å². The van der Waals surface area contributed by atoms with Crippen molar-refractivity contribution in [3.8, 4) is 0 Å². The Kier molecular flexibility index (Phi) is 4.76. The predicted molar refractivity (Wildman–Crippen MR) is 68.6 cm³/mol. The van der Waals surface area contributed by atoms with Gasteiger partial charge in [0.05, 0.1) is 18.4 Å². The number of aliphatic hydroxyl groups is 1. The van der Waals surface area contributed by atoms with Gasteiger partial charge < -0.3 is 15.1 Å². The summed E-state index contributed by atoms with van der Waals surface area (Å²) in [6, 6.07) is 0. The van der Waals surface area contributed by atoms with Gasteiger partial charge in [-0.15, -0.1) is 0 Å². The lowest BCUT2D eigenvalue weighted by Crippen LogP contribution is -2.51. The molecule has 2 atom stereocenters. The van der Waals surface area contributed by atoms with Crippen molar-refractivity contribution in [2.75, 3.05) is 39.3 Å². The Bertz CT molecular complexity index is 340. The average molecular weight is 270 g/mol. The zero-order valence-electron chi connectivity index (χ0n) is 11.1. The van der Waals surface area contributed by atoms with Gasteiger partial charge in [-0.3, -0.25) is 14.5 Å². The lowest BCUT2D eigenvalue weighted by atomic mass is 9.94. The van der Waals surface area contributed by atoms with Crippen LogP contribution in [0.1, 0.15) is 19.3 Å². The number of aliphatic carboxylic acids is 1. The lowest BCUT2D eigenvalue weighted by Gasteiger charge is -2.36. The molecule has 1 aliphatic heterocycles. The Morgan fingerprint density at radius 3 is 2.26 bits per heavy atom. The standard InChI is InChI=1S/C13H22N2O4/c16-9-8-14-4-6-15(7-5-14)12(17)10-2-1-3-11(10)13(18)19/h10-11,16H,1-9H2,(H,18,19). The molecule has 0 radical (unpaired) electrons. The second-order valence-corrected chi connectivity index (χ2v) is 5.37. The molecule has 2 N–H and O–H groups in total. The number of amides is 1. The molecule has 1 aliphatic carbocycles. The van der Waals surface area contributed by atoms with Crippen molar-refractivity contribution in [2.45, 2.75) is 19.3 Å². The van der Waals surface area contributed by atoms with Crippen molar-refractivity contribution >= 4 is 11.9 Å². The Labute approximate surface area is 113 Å². The fourth-order valence-electron chi connectivity index (χ4n) is 3.12. The minimum absolute atomic E-state index is 0.00792. The summed E-state index contributed by atoms with van der Waals surface area (Å²) in [7, 11) is 0. The predicted octanol–water partition coefficient (Wildman–Crippen LogP) is -0.376. The molecule has 2 unspecified atom stereocenters. The summed E-state index contributed by atoms with van der Waals surface area (Å²) in [6.07, 6.45) is 2.15. The third-order valence-corrected chi connectivity index (χ3v) is 4.25. The zero-order chi connectivity index (χ0) is 13.8. The van der Waals surface area contributed by atoms with Crippen LogP contribution in [0, 0.1) is 11.8 Å². The van der Waals surface area contributed by atoms with Crippen molar-refractivity contribution in [1.82, 2.24) is 9.80 Å². The normalized spacial score (nSPS) is 28.6. The molecule has 19 heavy (non-hydrogen) atoms. The van der Waals surface area contributed by atoms with Gasteiger partial charge in [0.25, 0.3) is 0 Å². The number of aliphatic hydroxyl groups excluding tert-OH is 1. The molecule has 1 saturated heterocycles. The van der Waals surface area contributed by atoms with Crippen LogP contribution < -0.4 is 0 Å². The highest BCUT2D eigenvalue weighted by Gasteiger charge is 2.40. The van der Waals surface area contributed by atoms with Crippen LogP contribution >= 0.6 is 0 Å². The van der Waals surface area contributed by atoms with E-state index >= 15 is 0 Å². The van der Waals surface area contributed by atoms with Crippen molar-refractivity contribution in [3.05, 3.63) is 0 Å². The van der Waals surface area contributed by atoms with E-state index in [1.54, 1.807) is 4.90 Å². The van der Waals surface area contributed by atoms with E-state index in [0.717, 1.165) is 19.5 Å². The van der Waals surface area contributed by atoms with Crippen molar-refractivity contribution in [1.29, 1.82) is 0 Å². The number of carboxylic acids is 1. The molecule has 0 aromatic carbocycles. The van der Waals surface area contributed by atoms with Crippen LogP contribution in [0.2, 0.25) is 0 Å². The van der Waals surface area contributed by atoms with Crippen molar-refractivity contribution in [2.24, 2.45) is 11.8 Å². The van der Waals surface area contributed by atoms with E-state index in [2.05, 4.69) is 4.90 Å². The number of hydrogen-bond acceptors (Lipinski definition) is 4. The molecule has 1 amide bonds. The third-order valence-electron chi connectivity index (χ3n) is 4.25. The van der Waals surface area contributed by atoms with E-state index in [-0.39, 0.29) is 18.4 Å². The second-order valence-electron chi connectivity index (χ2n) is 5.37. The number of hydrogen-bond donors (Lipinski definition) is 2. The number of rotatable bonds is 4. The monoisotopic (exact) mass is 270 g/mol. The van der Waals surface area contributed by atoms with E-state index in [1.807, 2.05) is 0 Å². The van der Waals surface area contributed by atoms with Gasteiger partial charge in [0.1, 0.15) is 0 Å². The first-order valence-corrected chi connectivity index (χ1v) is 6.98. The van der Waals surface area contributed by atoms with Gasteiger partial charge >= 0.3 is 5.97 Å². The molecule has 6 nitrogen and oxygen atoms in total. The molecule has 6 heteroatoms. The van der Waals surface area contributed by atoms with Crippen LogP contribution in [0.25, 0.3) is 0 Å². The smallest absolute Gasteiger partial charge is 0.307 e. The fraction of sp³-hybridized carbons (Fsp3) is 0.846. The fourth-order valence-corrected chi connectivity index (χ4v) is 3.12. The van der Waals surface area contributed by atoms with Crippen molar-refractivity contribution in [3.63, 3.8) is 0 Å². The quantitative estimate of drug-likeness (QED) is 0.728.